The van der Waals surface area contributed by atoms with Gasteiger partial charge in [-0.1, -0.05) is 27.7 Å². The van der Waals surface area contributed by atoms with Crippen LogP contribution in [0.2, 0.25) is 0 Å². The highest BCUT2D eigenvalue weighted by molar-refractivity contribution is 7.10. The lowest BCUT2D eigenvalue weighted by Crippen LogP contribution is -2.41. The summed E-state index contributed by atoms with van der Waals surface area (Å²) in [6, 6.07) is 2.49. The summed E-state index contributed by atoms with van der Waals surface area (Å²) in [5.41, 5.74) is 1.49. The van der Waals surface area contributed by atoms with Gasteiger partial charge in [-0.15, -0.1) is 11.3 Å². The van der Waals surface area contributed by atoms with Crippen LogP contribution in [0.5, 0.6) is 0 Å². The molecule has 3 heteroatoms. The first-order valence-corrected chi connectivity index (χ1v) is 7.10. The van der Waals surface area contributed by atoms with Crippen molar-refractivity contribution in [1.29, 1.82) is 0 Å². The number of hydrogen-bond acceptors (Lipinski definition) is 3. The van der Waals surface area contributed by atoms with Crippen molar-refractivity contribution in [1.82, 2.24) is 5.32 Å². The largest absolute Gasteiger partial charge is 0.379 e. The van der Waals surface area contributed by atoms with Crippen molar-refractivity contribution in [2.24, 2.45) is 5.41 Å². The second kappa shape index (κ2) is 5.98. The fourth-order valence-corrected chi connectivity index (χ4v) is 3.06. The fraction of sp³-hybridized carbons (Fsp3) is 0.714. The van der Waals surface area contributed by atoms with Crippen LogP contribution in [0.1, 0.15) is 44.2 Å². The van der Waals surface area contributed by atoms with E-state index in [-0.39, 0.29) is 17.6 Å². The number of nitrogens with one attached hydrogen (secondary N) is 1. The Morgan fingerprint density at radius 3 is 2.41 bits per heavy atom. The Morgan fingerprint density at radius 2 is 2.06 bits per heavy atom. The van der Waals surface area contributed by atoms with E-state index in [9.17, 15) is 0 Å². The number of ether oxygens (including phenoxy) is 1. The van der Waals surface area contributed by atoms with Crippen LogP contribution in [0.3, 0.4) is 0 Å². The normalized spacial score (nSPS) is 15.9. The van der Waals surface area contributed by atoms with E-state index in [1.807, 2.05) is 7.11 Å². The molecule has 0 radical (unpaired) electrons. The maximum absolute atomic E-state index is 5.75. The standard InChI is InChI=1S/C14H25NOS/c1-7-15-12(11-8-9-17-10(11)2)13(16-6)14(3,4)5/h8-9,12-13,15H,7H2,1-6H3. The topological polar surface area (TPSA) is 21.3 Å². The van der Waals surface area contributed by atoms with Crippen LogP contribution in [-0.4, -0.2) is 19.8 Å². The predicted molar refractivity (Wildman–Crippen MR) is 75.7 cm³/mol. The van der Waals surface area contributed by atoms with E-state index >= 15 is 0 Å². The van der Waals surface area contributed by atoms with Crippen molar-refractivity contribution < 1.29 is 4.74 Å². The zero-order valence-electron chi connectivity index (χ0n) is 11.8. The molecule has 1 rings (SSSR count). The average Bonchev–Trinajstić information content (AvgIpc) is 2.62. The number of methoxy groups -OCH3 is 1. The molecule has 2 nitrogen and oxygen atoms in total. The molecule has 98 valence electrons. The lowest BCUT2D eigenvalue weighted by molar-refractivity contribution is -0.0116. The lowest BCUT2D eigenvalue weighted by Gasteiger charge is -2.36. The third kappa shape index (κ3) is 3.54. The van der Waals surface area contributed by atoms with Crippen molar-refractivity contribution in [2.45, 2.75) is 46.8 Å². The predicted octanol–water partition coefficient (Wildman–Crippen LogP) is 3.77. The molecule has 1 N–H and O–H groups in total. The molecular weight excluding hydrogens is 230 g/mol. The molecule has 0 bridgehead atoms. The Labute approximate surface area is 109 Å². The zero-order valence-corrected chi connectivity index (χ0v) is 12.6. The van der Waals surface area contributed by atoms with Gasteiger partial charge in [-0.2, -0.15) is 0 Å². The van der Waals surface area contributed by atoms with Crippen LogP contribution >= 0.6 is 11.3 Å². The summed E-state index contributed by atoms with van der Waals surface area (Å²) in [7, 11) is 1.81. The second-order valence-corrected chi connectivity index (χ2v) is 6.61. The van der Waals surface area contributed by atoms with E-state index in [0.717, 1.165) is 6.54 Å². The van der Waals surface area contributed by atoms with Crippen molar-refractivity contribution in [3.05, 3.63) is 21.9 Å². The Kier molecular flexibility index (Phi) is 5.17. The SMILES string of the molecule is CCNC(c1ccsc1C)C(OC)C(C)(C)C. The first-order valence-electron chi connectivity index (χ1n) is 6.22. The summed E-state index contributed by atoms with van der Waals surface area (Å²) in [6.07, 6.45) is 0.177. The highest BCUT2D eigenvalue weighted by atomic mass is 32.1. The molecule has 0 saturated carbocycles. The summed E-state index contributed by atoms with van der Waals surface area (Å²) in [4.78, 5) is 1.38. The van der Waals surface area contributed by atoms with Crippen LogP contribution in [0.25, 0.3) is 0 Å². The van der Waals surface area contributed by atoms with Gasteiger partial charge in [0.1, 0.15) is 0 Å². The van der Waals surface area contributed by atoms with E-state index in [1.165, 1.54) is 10.4 Å². The van der Waals surface area contributed by atoms with E-state index < -0.39 is 0 Å². The second-order valence-electron chi connectivity index (χ2n) is 5.49. The molecule has 2 atom stereocenters. The van der Waals surface area contributed by atoms with Gasteiger partial charge >= 0.3 is 0 Å². The van der Waals surface area contributed by atoms with Crippen LogP contribution in [0.4, 0.5) is 0 Å². The highest BCUT2D eigenvalue weighted by Crippen LogP contribution is 2.35. The fourth-order valence-electron chi connectivity index (χ4n) is 2.31. The molecule has 0 saturated heterocycles. The maximum atomic E-state index is 5.75. The number of aryl methyl sites for hydroxylation is 1. The van der Waals surface area contributed by atoms with Crippen LogP contribution < -0.4 is 5.32 Å². The van der Waals surface area contributed by atoms with Gasteiger partial charge in [-0.05, 0) is 35.9 Å². The van der Waals surface area contributed by atoms with Gasteiger partial charge in [-0.25, -0.2) is 0 Å². The zero-order chi connectivity index (χ0) is 13.1. The maximum Gasteiger partial charge on any atom is 0.0814 e. The molecule has 0 aliphatic rings. The highest BCUT2D eigenvalue weighted by Gasteiger charge is 2.33. The van der Waals surface area contributed by atoms with Crippen LogP contribution in [-0.2, 0) is 4.74 Å². The van der Waals surface area contributed by atoms with Crippen molar-refractivity contribution in [3.8, 4) is 0 Å². The molecule has 17 heavy (non-hydrogen) atoms. The smallest absolute Gasteiger partial charge is 0.0814 e. The first kappa shape index (κ1) is 14.7. The van der Waals surface area contributed by atoms with Gasteiger partial charge in [-0.3, -0.25) is 0 Å². The minimum Gasteiger partial charge on any atom is -0.379 e. The summed E-state index contributed by atoms with van der Waals surface area (Å²) in [5, 5.41) is 5.72. The van der Waals surface area contributed by atoms with Crippen molar-refractivity contribution in [3.63, 3.8) is 0 Å². The minimum atomic E-state index is 0.121. The van der Waals surface area contributed by atoms with Gasteiger partial charge in [0, 0.05) is 12.0 Å². The molecule has 1 heterocycles. The third-order valence-corrected chi connectivity index (χ3v) is 3.93. The Bertz CT molecular complexity index is 340. The first-order chi connectivity index (χ1) is 7.91. The number of thiophene rings is 1. The molecule has 1 aromatic rings. The van der Waals surface area contributed by atoms with Gasteiger partial charge in [0.2, 0.25) is 0 Å². The van der Waals surface area contributed by atoms with Crippen molar-refractivity contribution in [2.75, 3.05) is 13.7 Å². The van der Waals surface area contributed by atoms with Crippen LogP contribution in [0, 0.1) is 12.3 Å². The van der Waals surface area contributed by atoms with Crippen LogP contribution in [0.15, 0.2) is 11.4 Å². The molecule has 0 aliphatic carbocycles. The summed E-state index contributed by atoms with van der Waals surface area (Å²) in [5.74, 6) is 0. The van der Waals surface area contributed by atoms with E-state index in [0.29, 0.717) is 0 Å². The third-order valence-electron chi connectivity index (χ3n) is 3.07. The van der Waals surface area contributed by atoms with Crippen molar-refractivity contribution >= 4 is 11.3 Å². The van der Waals surface area contributed by atoms with Gasteiger partial charge in [0.15, 0.2) is 0 Å². The summed E-state index contributed by atoms with van der Waals surface area (Å²) < 4.78 is 5.75. The molecule has 0 aromatic carbocycles. The minimum absolute atomic E-state index is 0.121. The summed E-state index contributed by atoms with van der Waals surface area (Å²) >= 11 is 1.80. The van der Waals surface area contributed by atoms with Gasteiger partial charge in [0.05, 0.1) is 12.1 Å². The molecule has 0 amide bonds. The number of likely N-dealkylation sites (N-methyl/N-ethyl adjacent to an activating group) is 1. The Hall–Kier alpha value is -0.380. The quantitative estimate of drug-likeness (QED) is 0.865. The number of rotatable bonds is 5. The Morgan fingerprint density at radius 1 is 1.41 bits per heavy atom. The monoisotopic (exact) mass is 255 g/mol. The van der Waals surface area contributed by atoms with Gasteiger partial charge in [0.25, 0.3) is 0 Å². The number of hydrogen-bond donors (Lipinski definition) is 1. The molecule has 2 unspecified atom stereocenters. The summed E-state index contributed by atoms with van der Waals surface area (Å²) in [6.45, 7) is 12.0. The van der Waals surface area contributed by atoms with Gasteiger partial charge < -0.3 is 10.1 Å². The van der Waals surface area contributed by atoms with E-state index in [4.69, 9.17) is 4.74 Å². The Balaban J connectivity index is 3.04. The average molecular weight is 255 g/mol. The molecular formula is C14H25NOS. The molecule has 0 spiro atoms. The lowest BCUT2D eigenvalue weighted by atomic mass is 9.82. The van der Waals surface area contributed by atoms with E-state index in [2.05, 4.69) is 51.4 Å². The molecule has 0 fully saturated rings. The van der Waals surface area contributed by atoms with E-state index in [1.54, 1.807) is 11.3 Å². The molecule has 0 aliphatic heterocycles. The molecule has 1 aromatic heterocycles.